The number of rotatable bonds is 2. The number of imidazole rings is 1. The van der Waals surface area contributed by atoms with Crippen LogP contribution < -0.4 is 15.5 Å². The van der Waals surface area contributed by atoms with Gasteiger partial charge in [-0.3, -0.25) is 4.79 Å². The third kappa shape index (κ3) is 1.73. The topological polar surface area (TPSA) is 74.6 Å². The minimum Gasteiger partial charge on any atom is -0.372 e. The van der Waals surface area contributed by atoms with Crippen molar-refractivity contribution in [2.24, 2.45) is 0 Å². The number of piperazine rings is 1. The van der Waals surface area contributed by atoms with Gasteiger partial charge in [-0.25, -0.2) is 9.97 Å². The van der Waals surface area contributed by atoms with Gasteiger partial charge < -0.3 is 19.9 Å². The summed E-state index contributed by atoms with van der Waals surface area (Å²) >= 11 is 0. The van der Waals surface area contributed by atoms with Crippen molar-refractivity contribution in [3.63, 3.8) is 0 Å². The van der Waals surface area contributed by atoms with Gasteiger partial charge in [-0.1, -0.05) is 0 Å². The molecule has 3 rings (SSSR count). The molecule has 0 radical (unpaired) electrons. The van der Waals surface area contributed by atoms with Crippen LogP contribution in [0, 0.1) is 0 Å². The molecule has 0 bridgehead atoms. The molecule has 0 unspecified atom stereocenters. The summed E-state index contributed by atoms with van der Waals surface area (Å²) in [5, 5.41) is 5.81. The van der Waals surface area contributed by atoms with Gasteiger partial charge in [0.1, 0.15) is 5.82 Å². The van der Waals surface area contributed by atoms with Gasteiger partial charge in [0, 0.05) is 32.5 Å². The lowest BCUT2D eigenvalue weighted by molar-refractivity contribution is -0.120. The summed E-state index contributed by atoms with van der Waals surface area (Å²) in [6.07, 6.45) is 5.46. The highest BCUT2D eigenvalue weighted by molar-refractivity contribution is 5.84. The molecular formula is C11H14N6O. The Morgan fingerprint density at radius 2 is 2.39 bits per heavy atom. The molecule has 0 atom stereocenters. The summed E-state index contributed by atoms with van der Waals surface area (Å²) in [7, 11) is 1.82. The number of carbonyl (C=O) groups is 1. The lowest BCUT2D eigenvalue weighted by atomic mass is 10.3. The Morgan fingerprint density at radius 1 is 1.50 bits per heavy atom. The van der Waals surface area contributed by atoms with E-state index < -0.39 is 0 Å². The van der Waals surface area contributed by atoms with Crippen molar-refractivity contribution in [2.75, 3.05) is 36.9 Å². The number of aromatic nitrogens is 3. The molecule has 0 aliphatic carbocycles. The number of nitrogens with zero attached hydrogens (tertiary/aromatic N) is 4. The molecule has 18 heavy (non-hydrogen) atoms. The van der Waals surface area contributed by atoms with E-state index >= 15 is 0 Å². The van der Waals surface area contributed by atoms with Gasteiger partial charge in [-0.05, 0) is 0 Å². The number of fused-ring (bicyclic) bond motifs is 1. The molecule has 1 aliphatic heterocycles. The van der Waals surface area contributed by atoms with Crippen LogP contribution in [-0.2, 0) is 4.79 Å². The Balaban J connectivity index is 2.08. The van der Waals surface area contributed by atoms with Crippen molar-refractivity contribution in [3.05, 3.63) is 18.6 Å². The molecule has 0 spiro atoms. The van der Waals surface area contributed by atoms with Crippen LogP contribution in [0.1, 0.15) is 0 Å². The molecule has 2 aromatic heterocycles. The Labute approximate surface area is 104 Å². The maximum Gasteiger partial charge on any atom is 0.239 e. The molecule has 7 nitrogen and oxygen atoms in total. The van der Waals surface area contributed by atoms with Crippen molar-refractivity contribution in [1.29, 1.82) is 0 Å². The van der Waals surface area contributed by atoms with Crippen LogP contribution in [0.25, 0.3) is 5.65 Å². The van der Waals surface area contributed by atoms with Gasteiger partial charge in [0.05, 0.1) is 12.7 Å². The van der Waals surface area contributed by atoms with Crippen molar-refractivity contribution in [3.8, 4) is 0 Å². The van der Waals surface area contributed by atoms with Crippen LogP contribution in [0.4, 0.5) is 11.6 Å². The average Bonchev–Trinajstić information content (AvgIpc) is 2.85. The molecule has 94 valence electrons. The molecule has 7 heteroatoms. The minimum absolute atomic E-state index is 0.0163. The second-order valence-electron chi connectivity index (χ2n) is 4.13. The molecule has 1 fully saturated rings. The van der Waals surface area contributed by atoms with Crippen LogP contribution >= 0.6 is 0 Å². The molecule has 2 N–H and O–H groups in total. The van der Waals surface area contributed by atoms with Crippen LogP contribution in [-0.4, -0.2) is 47.0 Å². The first-order valence-electron chi connectivity index (χ1n) is 5.81. The predicted octanol–water partition coefficient (Wildman–Crippen LogP) is -0.293. The number of hydrogen-bond acceptors (Lipinski definition) is 5. The highest BCUT2D eigenvalue weighted by Gasteiger charge is 2.21. The fourth-order valence-corrected chi connectivity index (χ4v) is 2.07. The first-order chi connectivity index (χ1) is 8.78. The third-order valence-electron chi connectivity index (χ3n) is 2.95. The van der Waals surface area contributed by atoms with Crippen molar-refractivity contribution < 1.29 is 4.79 Å². The maximum absolute atomic E-state index is 11.5. The summed E-state index contributed by atoms with van der Waals surface area (Å²) < 4.78 is 1.90. The van der Waals surface area contributed by atoms with Crippen molar-refractivity contribution >= 4 is 23.2 Å². The highest BCUT2D eigenvalue weighted by atomic mass is 16.2. The quantitative estimate of drug-likeness (QED) is 0.761. The van der Waals surface area contributed by atoms with Gasteiger partial charge in [-0.15, -0.1) is 0 Å². The summed E-state index contributed by atoms with van der Waals surface area (Å²) in [5.41, 5.74) is 0.767. The maximum atomic E-state index is 11.5. The van der Waals surface area contributed by atoms with Gasteiger partial charge in [0.2, 0.25) is 5.91 Å². The van der Waals surface area contributed by atoms with E-state index in [9.17, 15) is 4.79 Å². The smallest absolute Gasteiger partial charge is 0.239 e. The first kappa shape index (κ1) is 10.8. The summed E-state index contributed by atoms with van der Waals surface area (Å²) in [6, 6.07) is 0. The van der Waals surface area contributed by atoms with E-state index in [0.29, 0.717) is 13.1 Å². The zero-order chi connectivity index (χ0) is 12.5. The number of anilines is 2. The molecule has 1 amide bonds. The summed E-state index contributed by atoms with van der Waals surface area (Å²) in [4.78, 5) is 22.2. The zero-order valence-corrected chi connectivity index (χ0v) is 10.1. The number of nitrogens with one attached hydrogen (secondary N) is 2. The Hall–Kier alpha value is -2.31. The Morgan fingerprint density at radius 3 is 3.17 bits per heavy atom. The second-order valence-corrected chi connectivity index (χ2v) is 4.13. The van der Waals surface area contributed by atoms with E-state index in [-0.39, 0.29) is 5.91 Å². The van der Waals surface area contributed by atoms with E-state index in [2.05, 4.69) is 20.6 Å². The van der Waals surface area contributed by atoms with Gasteiger partial charge in [0.25, 0.3) is 0 Å². The Kier molecular flexibility index (Phi) is 2.51. The first-order valence-corrected chi connectivity index (χ1v) is 5.81. The zero-order valence-electron chi connectivity index (χ0n) is 10.1. The third-order valence-corrected chi connectivity index (χ3v) is 2.95. The molecule has 1 aliphatic rings. The molecule has 1 saturated heterocycles. The normalized spacial score (nSPS) is 15.8. The molecule has 3 heterocycles. The van der Waals surface area contributed by atoms with Gasteiger partial charge >= 0.3 is 0 Å². The largest absolute Gasteiger partial charge is 0.372 e. The molecule has 0 aromatic carbocycles. The van der Waals surface area contributed by atoms with E-state index in [1.807, 2.05) is 28.7 Å². The summed E-state index contributed by atoms with van der Waals surface area (Å²) in [5.74, 6) is 1.51. The summed E-state index contributed by atoms with van der Waals surface area (Å²) in [6.45, 7) is 1.70. The fourth-order valence-electron chi connectivity index (χ4n) is 2.07. The molecular weight excluding hydrogens is 232 g/mol. The average molecular weight is 246 g/mol. The minimum atomic E-state index is 0.0163. The van der Waals surface area contributed by atoms with E-state index in [1.165, 1.54) is 0 Å². The SMILES string of the molecule is CNc1cn2ccnc2c(N2CCNC(=O)C2)n1. The van der Waals surface area contributed by atoms with Crippen molar-refractivity contribution in [2.45, 2.75) is 0 Å². The highest BCUT2D eigenvalue weighted by Crippen LogP contribution is 2.20. The Bertz CT molecular complexity index is 592. The monoisotopic (exact) mass is 246 g/mol. The number of carbonyl (C=O) groups excluding carboxylic acids is 1. The molecule has 2 aromatic rings. The van der Waals surface area contributed by atoms with Gasteiger partial charge in [0.15, 0.2) is 11.5 Å². The van der Waals surface area contributed by atoms with E-state index in [0.717, 1.165) is 23.8 Å². The number of hydrogen-bond donors (Lipinski definition) is 2. The predicted molar refractivity (Wildman–Crippen MR) is 67.8 cm³/mol. The van der Waals surface area contributed by atoms with Crippen molar-refractivity contribution in [1.82, 2.24) is 19.7 Å². The standard InChI is InChI=1S/C11H14N6O/c1-12-8-6-16-5-3-14-10(16)11(15-8)17-4-2-13-9(18)7-17/h3,5-6,12H,2,4,7H2,1H3,(H,13,18). The van der Waals surface area contributed by atoms with Crippen LogP contribution in [0.15, 0.2) is 18.6 Å². The van der Waals surface area contributed by atoms with E-state index in [1.54, 1.807) is 6.20 Å². The lowest BCUT2D eigenvalue weighted by Crippen LogP contribution is -2.48. The van der Waals surface area contributed by atoms with Crippen LogP contribution in [0.3, 0.4) is 0 Å². The molecule has 0 saturated carbocycles. The van der Waals surface area contributed by atoms with Crippen LogP contribution in [0.2, 0.25) is 0 Å². The lowest BCUT2D eigenvalue weighted by Gasteiger charge is -2.27. The number of amides is 1. The second kappa shape index (κ2) is 4.17. The fraction of sp³-hybridized carbons (Fsp3) is 0.364. The van der Waals surface area contributed by atoms with Crippen LogP contribution in [0.5, 0.6) is 0 Å². The van der Waals surface area contributed by atoms with Gasteiger partial charge in [-0.2, -0.15) is 0 Å². The van der Waals surface area contributed by atoms with E-state index in [4.69, 9.17) is 0 Å².